The summed E-state index contributed by atoms with van der Waals surface area (Å²) in [5, 5.41) is 20.1. The molecule has 0 bridgehead atoms. The van der Waals surface area contributed by atoms with Crippen LogP contribution in [0, 0.1) is 5.92 Å². The lowest BCUT2D eigenvalue weighted by molar-refractivity contribution is -0.139. The number of urea groups is 1. The number of aliphatic hydroxyl groups excluding tert-OH is 1. The Bertz CT molecular complexity index is 303. The average molecular weight is 272 g/mol. The monoisotopic (exact) mass is 272 g/mol. The summed E-state index contributed by atoms with van der Waals surface area (Å²) in [4.78, 5) is 24.3. The van der Waals surface area contributed by atoms with Crippen LogP contribution in [0.5, 0.6) is 0 Å². The van der Waals surface area contributed by atoms with E-state index < -0.39 is 12.0 Å². The predicted molar refractivity (Wildman–Crippen MR) is 70.9 cm³/mol. The molecule has 0 aromatic rings. The lowest BCUT2D eigenvalue weighted by Crippen LogP contribution is -2.48. The summed E-state index contributed by atoms with van der Waals surface area (Å²) in [6, 6.07) is -1.40. The minimum Gasteiger partial charge on any atom is -0.480 e. The number of amides is 2. The molecule has 1 fully saturated rings. The Morgan fingerprint density at radius 3 is 2.47 bits per heavy atom. The summed E-state index contributed by atoms with van der Waals surface area (Å²) in [7, 11) is 1.68. The van der Waals surface area contributed by atoms with Crippen LogP contribution in [-0.2, 0) is 4.79 Å². The molecule has 1 aliphatic rings. The number of aliphatic hydroxyl groups is 1. The first-order valence-corrected chi connectivity index (χ1v) is 6.90. The van der Waals surface area contributed by atoms with Gasteiger partial charge in [0, 0.05) is 26.6 Å². The number of carboxylic acid groups (broad SMARTS) is 1. The Labute approximate surface area is 113 Å². The smallest absolute Gasteiger partial charge is 0.326 e. The van der Waals surface area contributed by atoms with Crippen LogP contribution in [0.3, 0.4) is 0 Å². The lowest BCUT2D eigenvalue weighted by Gasteiger charge is -2.28. The predicted octanol–water partition coefficient (Wildman–Crippen LogP) is 1.04. The van der Waals surface area contributed by atoms with Crippen LogP contribution in [0.2, 0.25) is 0 Å². The molecule has 3 N–H and O–H groups in total. The van der Waals surface area contributed by atoms with Crippen molar-refractivity contribution in [3.8, 4) is 0 Å². The summed E-state index contributed by atoms with van der Waals surface area (Å²) < 4.78 is 0. The number of nitrogens with one attached hydrogen (secondary N) is 1. The van der Waals surface area contributed by atoms with Crippen LogP contribution < -0.4 is 5.32 Å². The molecule has 1 unspecified atom stereocenters. The maximum atomic E-state index is 11.9. The fraction of sp³-hybridized carbons (Fsp3) is 0.846. The van der Waals surface area contributed by atoms with Crippen molar-refractivity contribution in [2.24, 2.45) is 5.92 Å². The van der Waals surface area contributed by atoms with E-state index in [4.69, 9.17) is 10.2 Å². The van der Waals surface area contributed by atoms with Crippen molar-refractivity contribution >= 4 is 12.0 Å². The third-order valence-electron chi connectivity index (χ3n) is 3.62. The van der Waals surface area contributed by atoms with Gasteiger partial charge in [0.25, 0.3) is 0 Å². The van der Waals surface area contributed by atoms with Gasteiger partial charge < -0.3 is 20.4 Å². The van der Waals surface area contributed by atoms with Crippen LogP contribution in [0.1, 0.15) is 38.5 Å². The standard InChI is InChI=1S/C13H24N2O4/c1-15(9-10-5-3-2-4-6-10)13(19)14-11(7-8-16)12(17)18/h10-11,16H,2-9H2,1H3,(H,14,19)(H,17,18). The molecule has 1 atom stereocenters. The number of carbonyl (C=O) groups is 2. The van der Waals surface area contributed by atoms with E-state index in [0.717, 1.165) is 12.8 Å². The van der Waals surface area contributed by atoms with Crippen LogP contribution in [0.4, 0.5) is 4.79 Å². The first kappa shape index (κ1) is 15.8. The van der Waals surface area contributed by atoms with Gasteiger partial charge in [-0.3, -0.25) is 0 Å². The molecule has 2 amide bonds. The Morgan fingerprint density at radius 2 is 1.95 bits per heavy atom. The Morgan fingerprint density at radius 1 is 1.32 bits per heavy atom. The second kappa shape index (κ2) is 7.99. The first-order chi connectivity index (χ1) is 9.04. The van der Waals surface area contributed by atoms with Crippen LogP contribution in [0.25, 0.3) is 0 Å². The number of nitrogens with zero attached hydrogens (tertiary/aromatic N) is 1. The zero-order valence-corrected chi connectivity index (χ0v) is 11.5. The molecule has 19 heavy (non-hydrogen) atoms. The molecule has 1 aliphatic carbocycles. The minimum atomic E-state index is -1.12. The number of carboxylic acids is 1. The third kappa shape index (κ3) is 5.46. The molecule has 6 heteroatoms. The third-order valence-corrected chi connectivity index (χ3v) is 3.62. The molecule has 0 spiro atoms. The molecule has 1 saturated carbocycles. The molecule has 6 nitrogen and oxygen atoms in total. The van der Waals surface area contributed by atoms with Gasteiger partial charge >= 0.3 is 12.0 Å². The second-order valence-electron chi connectivity index (χ2n) is 5.24. The number of hydrogen-bond acceptors (Lipinski definition) is 3. The van der Waals surface area contributed by atoms with Crippen molar-refractivity contribution in [3.63, 3.8) is 0 Å². The van der Waals surface area contributed by atoms with E-state index in [9.17, 15) is 9.59 Å². The summed E-state index contributed by atoms with van der Waals surface area (Å²) in [6.45, 7) is 0.404. The van der Waals surface area contributed by atoms with Gasteiger partial charge in [-0.25, -0.2) is 9.59 Å². The fourth-order valence-corrected chi connectivity index (χ4v) is 2.49. The van der Waals surface area contributed by atoms with Gasteiger partial charge in [-0.1, -0.05) is 19.3 Å². The van der Waals surface area contributed by atoms with Gasteiger partial charge in [-0.05, 0) is 18.8 Å². The van der Waals surface area contributed by atoms with Crippen molar-refractivity contribution in [3.05, 3.63) is 0 Å². The van der Waals surface area contributed by atoms with Gasteiger partial charge in [0.2, 0.25) is 0 Å². The average Bonchev–Trinajstić information content (AvgIpc) is 2.39. The van der Waals surface area contributed by atoms with Crippen LogP contribution in [-0.4, -0.2) is 53.4 Å². The van der Waals surface area contributed by atoms with E-state index in [-0.39, 0.29) is 19.1 Å². The Hall–Kier alpha value is -1.30. The SMILES string of the molecule is CN(CC1CCCCC1)C(=O)NC(CCO)C(=O)O. The largest absolute Gasteiger partial charge is 0.480 e. The maximum Gasteiger partial charge on any atom is 0.326 e. The van der Waals surface area contributed by atoms with E-state index in [0.29, 0.717) is 12.5 Å². The molecule has 0 saturated heterocycles. The van der Waals surface area contributed by atoms with E-state index in [1.165, 1.54) is 19.3 Å². The topological polar surface area (TPSA) is 89.9 Å². The quantitative estimate of drug-likeness (QED) is 0.674. The Balaban J connectivity index is 2.39. The molecular weight excluding hydrogens is 248 g/mol. The van der Waals surface area contributed by atoms with Gasteiger partial charge in [0.1, 0.15) is 6.04 Å². The van der Waals surface area contributed by atoms with Gasteiger partial charge in [0.05, 0.1) is 0 Å². The normalized spacial score (nSPS) is 17.8. The molecule has 0 aromatic carbocycles. The Kier molecular flexibility index (Phi) is 6.62. The number of rotatable bonds is 6. The van der Waals surface area contributed by atoms with Crippen LogP contribution in [0.15, 0.2) is 0 Å². The highest BCUT2D eigenvalue weighted by atomic mass is 16.4. The summed E-state index contributed by atoms with van der Waals surface area (Å²) in [5.74, 6) is -0.598. The van der Waals surface area contributed by atoms with Gasteiger partial charge in [0.15, 0.2) is 0 Å². The summed E-state index contributed by atoms with van der Waals surface area (Å²) in [6.07, 6.45) is 5.99. The molecule has 0 aliphatic heterocycles. The van der Waals surface area contributed by atoms with E-state index >= 15 is 0 Å². The van der Waals surface area contributed by atoms with Crippen molar-refractivity contribution in [1.82, 2.24) is 10.2 Å². The van der Waals surface area contributed by atoms with Gasteiger partial charge in [-0.15, -0.1) is 0 Å². The number of aliphatic carboxylic acids is 1. The summed E-state index contributed by atoms with van der Waals surface area (Å²) >= 11 is 0. The number of carbonyl (C=O) groups excluding carboxylic acids is 1. The van der Waals surface area contributed by atoms with E-state index in [2.05, 4.69) is 5.32 Å². The van der Waals surface area contributed by atoms with E-state index in [1.807, 2.05) is 0 Å². The first-order valence-electron chi connectivity index (χ1n) is 6.90. The van der Waals surface area contributed by atoms with Crippen LogP contribution >= 0.6 is 0 Å². The zero-order valence-electron chi connectivity index (χ0n) is 11.5. The fourth-order valence-electron chi connectivity index (χ4n) is 2.49. The molecule has 0 radical (unpaired) electrons. The molecule has 0 heterocycles. The maximum absolute atomic E-state index is 11.9. The van der Waals surface area contributed by atoms with Crippen molar-refractivity contribution in [2.75, 3.05) is 20.2 Å². The molecule has 0 aromatic heterocycles. The van der Waals surface area contributed by atoms with Crippen molar-refractivity contribution in [2.45, 2.75) is 44.6 Å². The highest BCUT2D eigenvalue weighted by Crippen LogP contribution is 2.24. The lowest BCUT2D eigenvalue weighted by atomic mass is 9.89. The highest BCUT2D eigenvalue weighted by Gasteiger charge is 2.23. The summed E-state index contributed by atoms with van der Waals surface area (Å²) in [5.41, 5.74) is 0. The van der Waals surface area contributed by atoms with Crippen molar-refractivity contribution < 1.29 is 19.8 Å². The molecule has 110 valence electrons. The van der Waals surface area contributed by atoms with Gasteiger partial charge in [-0.2, -0.15) is 0 Å². The van der Waals surface area contributed by atoms with Crippen molar-refractivity contribution in [1.29, 1.82) is 0 Å². The molecule has 1 rings (SSSR count). The number of hydrogen-bond donors (Lipinski definition) is 3. The minimum absolute atomic E-state index is 0.0261. The zero-order chi connectivity index (χ0) is 14.3. The van der Waals surface area contributed by atoms with E-state index in [1.54, 1.807) is 11.9 Å². The molecular formula is C13H24N2O4. The second-order valence-corrected chi connectivity index (χ2v) is 5.24. The highest BCUT2D eigenvalue weighted by molar-refractivity contribution is 5.82.